The average Bonchev–Trinajstić information content (AvgIpc) is 3.82. The molecule has 0 N–H and O–H groups in total. The summed E-state index contributed by atoms with van der Waals surface area (Å²) in [6.45, 7) is 0. The maximum atomic E-state index is 6.78. The van der Waals surface area contributed by atoms with Crippen molar-refractivity contribution in [1.82, 2.24) is 14.1 Å². The Labute approximate surface area is 271 Å². The van der Waals surface area contributed by atoms with Gasteiger partial charge >= 0.3 is 0 Å². The lowest BCUT2D eigenvalue weighted by Crippen LogP contribution is -2.06. The Bertz CT molecular complexity index is 2720. The van der Waals surface area contributed by atoms with E-state index in [0.717, 1.165) is 67.6 Å². The maximum absolute atomic E-state index is 6.78. The van der Waals surface area contributed by atoms with Gasteiger partial charge in [0, 0.05) is 38.3 Å². The normalized spacial score (nSPS) is 14.8. The van der Waals surface area contributed by atoms with Crippen LogP contribution in [0, 0.1) is 0 Å². The quantitative estimate of drug-likeness (QED) is 0.201. The van der Waals surface area contributed by atoms with Gasteiger partial charge in [-0.05, 0) is 54.4 Å². The summed E-state index contributed by atoms with van der Waals surface area (Å²) in [5.41, 5.74) is 10.6. The van der Waals surface area contributed by atoms with E-state index < -0.39 is 0 Å². The zero-order chi connectivity index (χ0) is 30.9. The predicted octanol–water partition coefficient (Wildman–Crippen LogP) is 11.4. The van der Waals surface area contributed by atoms with Crippen molar-refractivity contribution in [3.63, 3.8) is 0 Å². The van der Waals surface area contributed by atoms with E-state index in [1.165, 1.54) is 21.8 Å². The summed E-state index contributed by atoms with van der Waals surface area (Å²) in [7, 11) is 0. The Balaban J connectivity index is 1.21. The fraction of sp³-hybridized carbons (Fsp3) is 0.0465. The molecular weight excluding hydrogens is 574 g/mol. The van der Waals surface area contributed by atoms with E-state index >= 15 is 0 Å². The van der Waals surface area contributed by atoms with E-state index in [-0.39, 0.29) is 0 Å². The summed E-state index contributed by atoms with van der Waals surface area (Å²) >= 11 is 0. The zero-order valence-electron chi connectivity index (χ0n) is 25.5. The number of fused-ring (bicyclic) bond motifs is 7. The summed E-state index contributed by atoms with van der Waals surface area (Å²) in [5.74, 6) is 0.912. The first kappa shape index (κ1) is 26.1. The van der Waals surface area contributed by atoms with Gasteiger partial charge in [0.1, 0.15) is 17.0 Å². The van der Waals surface area contributed by atoms with Crippen LogP contribution >= 0.6 is 0 Å². The molecule has 6 aromatic carbocycles. The smallest absolute Gasteiger partial charge is 0.145 e. The van der Waals surface area contributed by atoms with Gasteiger partial charge in [-0.2, -0.15) is 0 Å². The molecule has 0 bridgehead atoms. The molecule has 0 saturated carbocycles. The summed E-state index contributed by atoms with van der Waals surface area (Å²) in [5, 5.41) is 4.70. The second kappa shape index (κ2) is 10.2. The third-order valence-electron chi connectivity index (χ3n) is 9.64. The molecule has 1 aliphatic carbocycles. The van der Waals surface area contributed by atoms with E-state index in [1.807, 2.05) is 12.1 Å². The molecule has 4 heteroatoms. The first-order chi connectivity index (χ1) is 23.3. The molecule has 3 aromatic heterocycles. The number of nitrogens with zero attached hydrogens (tertiary/aromatic N) is 3. The van der Waals surface area contributed by atoms with Crippen molar-refractivity contribution in [3.05, 3.63) is 158 Å². The molecule has 0 fully saturated rings. The van der Waals surface area contributed by atoms with Crippen molar-refractivity contribution < 1.29 is 4.42 Å². The largest absolute Gasteiger partial charge is 0.455 e. The number of allylic oxidation sites excluding steroid dienone is 4. The number of furan rings is 1. The van der Waals surface area contributed by atoms with Crippen LogP contribution in [0.1, 0.15) is 12.5 Å². The molecule has 3 heterocycles. The Hall–Kier alpha value is -6.13. The van der Waals surface area contributed by atoms with Crippen LogP contribution < -0.4 is 0 Å². The van der Waals surface area contributed by atoms with Crippen molar-refractivity contribution in [3.8, 4) is 28.2 Å². The molecule has 10 rings (SSSR count). The van der Waals surface area contributed by atoms with Gasteiger partial charge in [-0.25, -0.2) is 4.98 Å². The zero-order valence-corrected chi connectivity index (χ0v) is 25.5. The van der Waals surface area contributed by atoms with Crippen molar-refractivity contribution in [1.29, 1.82) is 0 Å². The highest BCUT2D eigenvalue weighted by Gasteiger charge is 2.22. The van der Waals surface area contributed by atoms with Crippen molar-refractivity contribution in [2.24, 2.45) is 0 Å². The first-order valence-corrected chi connectivity index (χ1v) is 16.2. The van der Waals surface area contributed by atoms with Gasteiger partial charge in [0.05, 0.1) is 28.1 Å². The molecule has 0 radical (unpaired) electrons. The number of para-hydroxylation sites is 4. The molecule has 0 spiro atoms. The molecular formula is C43H29N3O. The summed E-state index contributed by atoms with van der Waals surface area (Å²) < 4.78 is 11.5. The van der Waals surface area contributed by atoms with Crippen LogP contribution in [-0.4, -0.2) is 14.1 Å². The molecule has 9 aromatic rings. The predicted molar refractivity (Wildman–Crippen MR) is 194 cm³/mol. The Morgan fingerprint density at radius 3 is 2.30 bits per heavy atom. The number of rotatable bonds is 4. The maximum Gasteiger partial charge on any atom is 0.145 e. The monoisotopic (exact) mass is 603 g/mol. The van der Waals surface area contributed by atoms with Crippen LogP contribution in [0.15, 0.2) is 162 Å². The number of imidazole rings is 1. The SMILES string of the molecule is C1=CCC(n2c3ccccc3c3cc(-c4cccc5c4oc4cccc(-n6c(-c7ccccc7)nc7ccccc76)c45)ccc32)C=C1. The van der Waals surface area contributed by atoms with Gasteiger partial charge in [-0.1, -0.05) is 115 Å². The highest BCUT2D eigenvalue weighted by molar-refractivity contribution is 6.15. The van der Waals surface area contributed by atoms with Gasteiger partial charge in [0.25, 0.3) is 0 Å². The van der Waals surface area contributed by atoms with Gasteiger partial charge in [0.15, 0.2) is 0 Å². The fourth-order valence-electron chi connectivity index (χ4n) is 7.58. The average molecular weight is 604 g/mol. The van der Waals surface area contributed by atoms with Crippen molar-refractivity contribution in [2.45, 2.75) is 12.5 Å². The fourth-order valence-corrected chi connectivity index (χ4v) is 7.58. The van der Waals surface area contributed by atoms with E-state index in [9.17, 15) is 0 Å². The third-order valence-corrected chi connectivity index (χ3v) is 9.64. The van der Waals surface area contributed by atoms with Gasteiger partial charge < -0.3 is 8.98 Å². The molecule has 4 nitrogen and oxygen atoms in total. The number of aromatic nitrogens is 3. The Morgan fingerprint density at radius 1 is 0.617 bits per heavy atom. The van der Waals surface area contributed by atoms with Crippen molar-refractivity contribution in [2.75, 3.05) is 0 Å². The van der Waals surface area contributed by atoms with E-state index in [1.54, 1.807) is 0 Å². The standard InChI is InChI=1S/C43H29N3O/c1-3-13-28(14-4-1)43-44-35-20-8-10-22-38(35)46(43)39-23-12-24-40-41(39)33-19-11-18-31(42(33)47-40)29-25-26-37-34(27-29)32-17-7-9-21-36(32)45(37)30-15-5-2-6-16-30/h1-15,17-27,30H,16H2. The molecule has 1 unspecified atom stereocenters. The van der Waals surface area contributed by atoms with E-state index in [4.69, 9.17) is 9.40 Å². The number of benzene rings is 6. The second-order valence-electron chi connectivity index (χ2n) is 12.3. The molecule has 0 aliphatic heterocycles. The summed E-state index contributed by atoms with van der Waals surface area (Å²) in [6, 6.07) is 47.6. The lowest BCUT2D eigenvalue weighted by Gasteiger charge is -2.18. The third kappa shape index (κ3) is 3.91. The number of hydrogen-bond acceptors (Lipinski definition) is 2. The molecule has 0 amide bonds. The molecule has 0 saturated heterocycles. The Kier molecular flexibility index (Phi) is 5.67. The topological polar surface area (TPSA) is 35.9 Å². The first-order valence-electron chi connectivity index (χ1n) is 16.2. The highest BCUT2D eigenvalue weighted by Crippen LogP contribution is 2.42. The number of hydrogen-bond donors (Lipinski definition) is 0. The van der Waals surface area contributed by atoms with Crippen LogP contribution in [0.3, 0.4) is 0 Å². The molecule has 47 heavy (non-hydrogen) atoms. The van der Waals surface area contributed by atoms with Gasteiger partial charge in [-0.3, -0.25) is 4.57 Å². The lowest BCUT2D eigenvalue weighted by atomic mass is 10.00. The van der Waals surface area contributed by atoms with Crippen LogP contribution in [0.5, 0.6) is 0 Å². The second-order valence-corrected chi connectivity index (χ2v) is 12.3. The minimum Gasteiger partial charge on any atom is -0.455 e. The van der Waals surface area contributed by atoms with Gasteiger partial charge in [-0.15, -0.1) is 0 Å². The highest BCUT2D eigenvalue weighted by atomic mass is 16.3. The van der Waals surface area contributed by atoms with Gasteiger partial charge in [0.2, 0.25) is 0 Å². The van der Waals surface area contributed by atoms with Crippen LogP contribution in [0.4, 0.5) is 0 Å². The molecule has 222 valence electrons. The minimum absolute atomic E-state index is 0.297. The van der Waals surface area contributed by atoms with Crippen LogP contribution in [0.25, 0.3) is 83.0 Å². The lowest BCUT2D eigenvalue weighted by molar-refractivity contribution is 0.648. The van der Waals surface area contributed by atoms with Crippen LogP contribution in [0.2, 0.25) is 0 Å². The summed E-state index contributed by atoms with van der Waals surface area (Å²) in [4.78, 5) is 5.11. The molecule has 1 atom stereocenters. The van der Waals surface area contributed by atoms with E-state index in [0.29, 0.717) is 6.04 Å². The Morgan fingerprint density at radius 2 is 1.40 bits per heavy atom. The van der Waals surface area contributed by atoms with Crippen LogP contribution in [-0.2, 0) is 0 Å². The van der Waals surface area contributed by atoms with E-state index in [2.05, 4.69) is 155 Å². The summed E-state index contributed by atoms with van der Waals surface area (Å²) in [6.07, 6.45) is 9.85. The minimum atomic E-state index is 0.297. The van der Waals surface area contributed by atoms with Crippen molar-refractivity contribution >= 4 is 54.8 Å². The molecule has 1 aliphatic rings.